The molecule has 13 heteroatoms. The third kappa shape index (κ3) is 7.66. The number of esters is 2. The molecule has 2 unspecified atom stereocenters. The van der Waals surface area contributed by atoms with Gasteiger partial charge in [0.1, 0.15) is 6.04 Å². The summed E-state index contributed by atoms with van der Waals surface area (Å²) in [5.41, 5.74) is 13.5. The van der Waals surface area contributed by atoms with Crippen LogP contribution >= 0.6 is 0 Å². The first-order chi connectivity index (χ1) is 21.3. The van der Waals surface area contributed by atoms with Crippen LogP contribution in [0.15, 0.2) is 77.8 Å². The van der Waals surface area contributed by atoms with Gasteiger partial charge in [-0.3, -0.25) is 14.4 Å². The van der Waals surface area contributed by atoms with E-state index in [1.54, 1.807) is 60.7 Å². The second-order valence-corrected chi connectivity index (χ2v) is 10.2. The van der Waals surface area contributed by atoms with E-state index < -0.39 is 48.4 Å². The van der Waals surface area contributed by atoms with Crippen LogP contribution in [0.5, 0.6) is 0 Å². The Kier molecular flexibility index (Phi) is 9.57. The van der Waals surface area contributed by atoms with Gasteiger partial charge in [-0.15, -0.1) is 0 Å². The lowest BCUT2D eigenvalue weighted by molar-refractivity contribution is -0.202. The van der Waals surface area contributed by atoms with E-state index in [0.29, 0.717) is 16.7 Å². The Morgan fingerprint density at radius 2 is 1.64 bits per heavy atom. The molecular weight excluding hydrogens is 591 g/mol. The summed E-state index contributed by atoms with van der Waals surface area (Å²) in [7, 11) is 1.49. The highest BCUT2D eigenvalue weighted by atomic mass is 19.4. The summed E-state index contributed by atoms with van der Waals surface area (Å²) in [6, 6.07) is 17.7. The number of aliphatic imine (C=N–C) groups is 1. The van der Waals surface area contributed by atoms with Crippen molar-refractivity contribution in [3.63, 3.8) is 0 Å². The molecule has 0 spiro atoms. The van der Waals surface area contributed by atoms with Crippen molar-refractivity contribution in [1.29, 1.82) is 0 Å². The smallest absolute Gasteiger partial charge is 0.386 e. The predicted molar refractivity (Wildman–Crippen MR) is 158 cm³/mol. The van der Waals surface area contributed by atoms with E-state index in [-0.39, 0.29) is 23.8 Å². The summed E-state index contributed by atoms with van der Waals surface area (Å²) < 4.78 is 42.0. The standard InChI is InChI=1S/C32H28F3N5O5/c1-19(15-26(41)45-30(44)32(33,34)35)40-27(23-9-4-3-5-10-23)29(43)39(2)25-14-13-21(17-24(25)28(40)42)12-11-20-7-6-8-22(16-20)18-38-31(36)37/h3-10,13-14,16-17,19,27H,15,18H2,1-2H3,(H4,36,37,38). The van der Waals surface area contributed by atoms with Crippen molar-refractivity contribution >= 4 is 35.4 Å². The number of benzene rings is 3. The lowest BCUT2D eigenvalue weighted by atomic mass is 10.0. The molecular formula is C32H28F3N5O5. The Balaban J connectivity index is 1.72. The Bertz CT molecular complexity index is 1730. The topological polar surface area (TPSA) is 148 Å². The number of carbonyl (C=O) groups excluding carboxylic acids is 4. The van der Waals surface area contributed by atoms with Gasteiger partial charge in [0.25, 0.3) is 11.8 Å². The third-order valence-electron chi connectivity index (χ3n) is 6.88. The number of halogens is 3. The summed E-state index contributed by atoms with van der Waals surface area (Å²) >= 11 is 0. The Morgan fingerprint density at radius 3 is 2.29 bits per heavy atom. The zero-order valence-corrected chi connectivity index (χ0v) is 24.2. The molecule has 0 fully saturated rings. The zero-order valence-electron chi connectivity index (χ0n) is 24.2. The normalized spacial score (nSPS) is 15.3. The molecule has 3 aromatic carbocycles. The summed E-state index contributed by atoms with van der Waals surface area (Å²) in [4.78, 5) is 58.0. The lowest BCUT2D eigenvalue weighted by Crippen LogP contribution is -2.46. The first-order valence-corrected chi connectivity index (χ1v) is 13.5. The first-order valence-electron chi connectivity index (χ1n) is 13.5. The molecule has 0 radical (unpaired) electrons. The van der Waals surface area contributed by atoms with Gasteiger partial charge >= 0.3 is 18.1 Å². The molecule has 45 heavy (non-hydrogen) atoms. The van der Waals surface area contributed by atoms with Crippen LogP contribution in [0, 0.1) is 11.8 Å². The van der Waals surface area contributed by atoms with Gasteiger partial charge in [-0.2, -0.15) is 13.2 Å². The molecule has 232 valence electrons. The Labute approximate surface area is 256 Å². The van der Waals surface area contributed by atoms with Crippen LogP contribution < -0.4 is 16.4 Å². The predicted octanol–water partition coefficient (Wildman–Crippen LogP) is 3.43. The van der Waals surface area contributed by atoms with E-state index in [2.05, 4.69) is 21.6 Å². The average molecular weight is 620 g/mol. The van der Waals surface area contributed by atoms with E-state index in [9.17, 15) is 32.3 Å². The van der Waals surface area contributed by atoms with Gasteiger partial charge < -0.3 is 26.0 Å². The SMILES string of the molecule is CC(CC(=O)OC(=O)C(F)(F)F)N1C(=O)c2cc(C#Cc3cccc(CN=C(N)N)c3)ccc2N(C)C(=O)C1c1ccccc1. The number of hydrogen-bond donors (Lipinski definition) is 2. The quantitative estimate of drug-likeness (QED) is 0.141. The van der Waals surface area contributed by atoms with Crippen LogP contribution in [0.25, 0.3) is 0 Å². The molecule has 0 bridgehead atoms. The number of guanidine groups is 1. The molecule has 0 saturated heterocycles. The molecule has 2 atom stereocenters. The fourth-order valence-corrected chi connectivity index (χ4v) is 4.77. The van der Waals surface area contributed by atoms with E-state index >= 15 is 0 Å². The fourth-order valence-electron chi connectivity index (χ4n) is 4.77. The maximum absolute atomic E-state index is 14.2. The number of carbonyl (C=O) groups is 4. The zero-order chi connectivity index (χ0) is 32.9. The average Bonchev–Trinajstić information content (AvgIpc) is 3.07. The molecule has 4 rings (SSSR count). The highest BCUT2D eigenvalue weighted by Crippen LogP contribution is 2.36. The molecule has 0 aliphatic carbocycles. The van der Waals surface area contributed by atoms with Crippen molar-refractivity contribution in [2.45, 2.75) is 38.1 Å². The Morgan fingerprint density at radius 1 is 0.978 bits per heavy atom. The first kappa shape index (κ1) is 32.3. The lowest BCUT2D eigenvalue weighted by Gasteiger charge is -2.34. The maximum atomic E-state index is 14.2. The van der Waals surface area contributed by atoms with Crippen LogP contribution in [0.4, 0.5) is 18.9 Å². The third-order valence-corrected chi connectivity index (χ3v) is 6.88. The minimum atomic E-state index is -5.38. The molecule has 0 aromatic heterocycles. The van der Waals surface area contributed by atoms with Crippen LogP contribution in [0.2, 0.25) is 0 Å². The number of alkyl halides is 3. The van der Waals surface area contributed by atoms with Crippen molar-refractivity contribution < 1.29 is 37.1 Å². The highest BCUT2D eigenvalue weighted by molar-refractivity contribution is 6.11. The minimum absolute atomic E-state index is 0.0471. The molecule has 1 aliphatic heterocycles. The number of rotatable bonds is 6. The molecule has 10 nitrogen and oxygen atoms in total. The van der Waals surface area contributed by atoms with E-state index in [0.717, 1.165) is 10.5 Å². The Hall–Kier alpha value is -5.64. The number of anilines is 1. The van der Waals surface area contributed by atoms with E-state index in [1.165, 1.54) is 24.9 Å². The van der Waals surface area contributed by atoms with Crippen LogP contribution in [-0.4, -0.2) is 53.9 Å². The summed E-state index contributed by atoms with van der Waals surface area (Å²) in [6.07, 6.45) is -6.18. The second kappa shape index (κ2) is 13.3. The fraction of sp³-hybridized carbons (Fsp3) is 0.219. The minimum Gasteiger partial charge on any atom is -0.386 e. The van der Waals surface area contributed by atoms with E-state index in [1.807, 2.05) is 6.07 Å². The molecule has 1 heterocycles. The second-order valence-electron chi connectivity index (χ2n) is 10.2. The summed E-state index contributed by atoms with van der Waals surface area (Å²) in [5, 5.41) is 0. The van der Waals surface area contributed by atoms with Gasteiger partial charge in [-0.25, -0.2) is 9.79 Å². The van der Waals surface area contributed by atoms with Crippen molar-refractivity contribution in [1.82, 2.24) is 4.90 Å². The maximum Gasteiger partial charge on any atom is 0.491 e. The van der Waals surface area contributed by atoms with Gasteiger partial charge in [-0.1, -0.05) is 54.3 Å². The molecule has 3 aromatic rings. The molecule has 4 N–H and O–H groups in total. The molecule has 1 aliphatic rings. The van der Waals surface area contributed by atoms with Crippen LogP contribution in [0.3, 0.4) is 0 Å². The van der Waals surface area contributed by atoms with Gasteiger partial charge in [0.05, 0.1) is 24.2 Å². The van der Waals surface area contributed by atoms with Crippen LogP contribution in [0.1, 0.15) is 52.0 Å². The number of fused-ring (bicyclic) bond motifs is 1. The number of likely N-dealkylation sites (N-methyl/N-ethyl adjacent to an activating group) is 1. The number of nitrogens with zero attached hydrogens (tertiary/aromatic N) is 3. The number of amides is 2. The number of ether oxygens (including phenoxy) is 1. The van der Waals surface area contributed by atoms with Gasteiger partial charge in [0.15, 0.2) is 5.96 Å². The van der Waals surface area contributed by atoms with Crippen molar-refractivity contribution in [3.05, 3.63) is 101 Å². The van der Waals surface area contributed by atoms with Gasteiger partial charge in [0, 0.05) is 24.2 Å². The number of hydrogen-bond acceptors (Lipinski definition) is 6. The van der Waals surface area contributed by atoms with Crippen LogP contribution in [-0.2, 0) is 25.7 Å². The van der Waals surface area contributed by atoms with Crippen molar-refractivity contribution in [3.8, 4) is 11.8 Å². The largest absolute Gasteiger partial charge is 0.491 e. The molecule has 2 amide bonds. The van der Waals surface area contributed by atoms with E-state index in [4.69, 9.17) is 11.5 Å². The molecule has 0 saturated carbocycles. The number of nitrogens with two attached hydrogens (primary N) is 2. The summed E-state index contributed by atoms with van der Waals surface area (Å²) in [5.74, 6) is 0.583. The van der Waals surface area contributed by atoms with Gasteiger partial charge in [-0.05, 0) is 48.4 Å². The summed E-state index contributed by atoms with van der Waals surface area (Å²) in [6.45, 7) is 1.64. The van der Waals surface area contributed by atoms with Crippen molar-refractivity contribution in [2.24, 2.45) is 16.5 Å². The van der Waals surface area contributed by atoms with Crippen molar-refractivity contribution in [2.75, 3.05) is 11.9 Å². The van der Waals surface area contributed by atoms with Gasteiger partial charge in [0.2, 0.25) is 0 Å². The highest BCUT2D eigenvalue weighted by Gasteiger charge is 2.44. The monoisotopic (exact) mass is 619 g/mol.